The van der Waals surface area contributed by atoms with Crippen molar-refractivity contribution in [2.45, 2.75) is 0 Å². The second-order valence-electron chi connectivity index (χ2n) is 2.72. The molecule has 2 aromatic rings. The third kappa shape index (κ3) is 1.07. The normalized spacial score (nSPS) is 10.4. The van der Waals surface area contributed by atoms with Gasteiger partial charge in [-0.15, -0.1) is 9.24 Å². The summed E-state index contributed by atoms with van der Waals surface area (Å²) in [7, 11) is 2.66. The van der Waals surface area contributed by atoms with E-state index in [-0.39, 0.29) is 0 Å². The minimum Gasteiger partial charge on any atom is -0.507 e. The molecule has 0 aromatic heterocycles. The summed E-state index contributed by atoms with van der Waals surface area (Å²) in [5.74, 6) is 0.344. The molecule has 0 fully saturated rings. The van der Waals surface area contributed by atoms with E-state index in [4.69, 9.17) is 0 Å². The highest BCUT2D eigenvalue weighted by atomic mass is 31.0. The molecule has 2 rings (SSSR count). The maximum absolute atomic E-state index is 9.49. The standard InChI is InChI=1S/C10H9OP/c11-9-5-1-4-8-7(9)3-2-6-10(8)12/h1-6,11H,12H2. The first-order chi connectivity index (χ1) is 5.79. The predicted octanol–water partition coefficient (Wildman–Crippen LogP) is 2.05. The van der Waals surface area contributed by atoms with Crippen molar-refractivity contribution in [2.75, 3.05) is 0 Å². The van der Waals surface area contributed by atoms with E-state index in [9.17, 15) is 5.11 Å². The van der Waals surface area contributed by atoms with E-state index in [0.717, 1.165) is 16.1 Å². The van der Waals surface area contributed by atoms with Gasteiger partial charge in [0.05, 0.1) is 0 Å². The number of hydrogen-bond acceptors (Lipinski definition) is 1. The number of rotatable bonds is 0. The number of phenolic OH excluding ortho intramolecular Hbond substituents is 1. The Bertz CT molecular complexity index is 382. The van der Waals surface area contributed by atoms with Gasteiger partial charge in [-0.05, 0) is 16.8 Å². The molecule has 0 spiro atoms. The van der Waals surface area contributed by atoms with Gasteiger partial charge in [-0.25, -0.2) is 0 Å². The molecule has 2 aromatic carbocycles. The third-order valence-electron chi connectivity index (χ3n) is 1.93. The van der Waals surface area contributed by atoms with Crippen LogP contribution in [-0.2, 0) is 0 Å². The first-order valence-corrected chi connectivity index (χ1v) is 4.33. The molecule has 0 radical (unpaired) electrons. The molecular weight excluding hydrogens is 167 g/mol. The van der Waals surface area contributed by atoms with E-state index in [1.807, 2.05) is 30.3 Å². The Morgan fingerprint density at radius 1 is 0.917 bits per heavy atom. The molecule has 0 saturated carbocycles. The second kappa shape index (κ2) is 2.76. The molecule has 0 aliphatic heterocycles. The van der Waals surface area contributed by atoms with Gasteiger partial charge in [-0.1, -0.05) is 30.3 Å². The van der Waals surface area contributed by atoms with Crippen LogP contribution in [0.3, 0.4) is 0 Å². The number of aromatic hydroxyl groups is 1. The van der Waals surface area contributed by atoms with Crippen molar-refractivity contribution in [3.63, 3.8) is 0 Å². The van der Waals surface area contributed by atoms with E-state index < -0.39 is 0 Å². The highest BCUT2D eigenvalue weighted by molar-refractivity contribution is 7.28. The number of hydrogen-bond donors (Lipinski definition) is 1. The molecular formula is C10H9OP. The smallest absolute Gasteiger partial charge is 0.123 e. The molecule has 0 aliphatic rings. The Labute approximate surface area is 73.2 Å². The highest BCUT2D eigenvalue weighted by Crippen LogP contribution is 2.23. The highest BCUT2D eigenvalue weighted by Gasteiger charge is 1.99. The van der Waals surface area contributed by atoms with Gasteiger partial charge in [-0.2, -0.15) is 0 Å². The average molecular weight is 176 g/mol. The summed E-state index contributed by atoms with van der Waals surface area (Å²) in [6.45, 7) is 0. The largest absolute Gasteiger partial charge is 0.507 e. The lowest BCUT2D eigenvalue weighted by Crippen LogP contribution is -1.90. The third-order valence-corrected chi connectivity index (χ3v) is 2.44. The lowest BCUT2D eigenvalue weighted by molar-refractivity contribution is 0.481. The van der Waals surface area contributed by atoms with Gasteiger partial charge in [0, 0.05) is 5.39 Å². The Kier molecular flexibility index (Phi) is 1.74. The van der Waals surface area contributed by atoms with Crippen LogP contribution in [0.25, 0.3) is 10.8 Å². The molecule has 0 saturated heterocycles. The van der Waals surface area contributed by atoms with Gasteiger partial charge in [0.1, 0.15) is 5.75 Å². The van der Waals surface area contributed by atoms with Gasteiger partial charge < -0.3 is 5.11 Å². The van der Waals surface area contributed by atoms with Crippen LogP contribution in [-0.4, -0.2) is 5.11 Å². The van der Waals surface area contributed by atoms with Crippen LogP contribution in [0.5, 0.6) is 5.75 Å². The summed E-state index contributed by atoms with van der Waals surface area (Å²) in [6.07, 6.45) is 0. The lowest BCUT2D eigenvalue weighted by atomic mass is 10.1. The van der Waals surface area contributed by atoms with Crippen molar-refractivity contribution in [1.29, 1.82) is 0 Å². The van der Waals surface area contributed by atoms with Gasteiger partial charge in [-0.3, -0.25) is 0 Å². The van der Waals surface area contributed by atoms with Crippen LogP contribution >= 0.6 is 9.24 Å². The molecule has 0 amide bonds. The van der Waals surface area contributed by atoms with Crippen molar-refractivity contribution >= 4 is 25.3 Å². The SMILES string of the molecule is Oc1cccc2c(P)cccc12. The Hall–Kier alpha value is -1.07. The number of phenols is 1. The zero-order valence-electron chi connectivity index (χ0n) is 6.49. The van der Waals surface area contributed by atoms with Crippen LogP contribution in [0.4, 0.5) is 0 Å². The molecule has 0 aliphatic carbocycles. The summed E-state index contributed by atoms with van der Waals surface area (Å²) >= 11 is 0. The van der Waals surface area contributed by atoms with Crippen molar-refractivity contribution in [1.82, 2.24) is 0 Å². The number of fused-ring (bicyclic) bond motifs is 1. The van der Waals surface area contributed by atoms with Crippen molar-refractivity contribution in [3.8, 4) is 5.75 Å². The van der Waals surface area contributed by atoms with Crippen LogP contribution in [0.2, 0.25) is 0 Å². The topological polar surface area (TPSA) is 20.2 Å². The first-order valence-electron chi connectivity index (χ1n) is 3.75. The summed E-state index contributed by atoms with van der Waals surface area (Å²) in [6, 6.07) is 11.4. The van der Waals surface area contributed by atoms with E-state index >= 15 is 0 Å². The fraction of sp³-hybridized carbons (Fsp3) is 0. The van der Waals surface area contributed by atoms with Crippen molar-refractivity contribution < 1.29 is 5.11 Å². The zero-order chi connectivity index (χ0) is 8.55. The lowest BCUT2D eigenvalue weighted by Gasteiger charge is -2.02. The van der Waals surface area contributed by atoms with Crippen molar-refractivity contribution in [3.05, 3.63) is 36.4 Å². The summed E-state index contributed by atoms with van der Waals surface area (Å²) in [5, 5.41) is 12.6. The molecule has 1 N–H and O–H groups in total. The van der Waals surface area contributed by atoms with E-state index in [0.29, 0.717) is 5.75 Å². The number of benzene rings is 2. The Balaban J connectivity index is 2.94. The quantitative estimate of drug-likeness (QED) is 0.609. The van der Waals surface area contributed by atoms with Gasteiger partial charge in [0.15, 0.2) is 0 Å². The molecule has 60 valence electrons. The van der Waals surface area contributed by atoms with Gasteiger partial charge in [0.2, 0.25) is 0 Å². The Morgan fingerprint density at radius 2 is 1.58 bits per heavy atom. The van der Waals surface area contributed by atoms with E-state index in [1.165, 1.54) is 0 Å². The van der Waals surface area contributed by atoms with Crippen LogP contribution in [0.15, 0.2) is 36.4 Å². The monoisotopic (exact) mass is 176 g/mol. The Morgan fingerprint density at radius 3 is 2.33 bits per heavy atom. The average Bonchev–Trinajstić information content (AvgIpc) is 2.07. The van der Waals surface area contributed by atoms with Crippen LogP contribution < -0.4 is 5.30 Å². The summed E-state index contributed by atoms with van der Waals surface area (Å²) in [4.78, 5) is 0. The predicted molar refractivity (Wildman–Crippen MR) is 55.0 cm³/mol. The fourth-order valence-corrected chi connectivity index (χ4v) is 1.68. The van der Waals surface area contributed by atoms with Gasteiger partial charge in [0.25, 0.3) is 0 Å². The molecule has 1 atom stereocenters. The maximum atomic E-state index is 9.49. The second-order valence-corrected chi connectivity index (χ2v) is 3.34. The molecule has 12 heavy (non-hydrogen) atoms. The summed E-state index contributed by atoms with van der Waals surface area (Å²) < 4.78 is 0. The minimum atomic E-state index is 0.344. The molecule has 2 heteroatoms. The van der Waals surface area contributed by atoms with Crippen LogP contribution in [0, 0.1) is 0 Å². The fourth-order valence-electron chi connectivity index (χ4n) is 1.32. The zero-order valence-corrected chi connectivity index (χ0v) is 7.64. The molecule has 0 heterocycles. The molecule has 1 unspecified atom stereocenters. The maximum Gasteiger partial charge on any atom is 0.123 e. The molecule has 1 nitrogen and oxygen atoms in total. The van der Waals surface area contributed by atoms with E-state index in [2.05, 4.69) is 9.24 Å². The first kappa shape index (κ1) is 7.57. The minimum absolute atomic E-state index is 0.344. The molecule has 0 bridgehead atoms. The summed E-state index contributed by atoms with van der Waals surface area (Å²) in [5.41, 5.74) is 0. The van der Waals surface area contributed by atoms with E-state index in [1.54, 1.807) is 6.07 Å². The van der Waals surface area contributed by atoms with Crippen LogP contribution in [0.1, 0.15) is 0 Å². The van der Waals surface area contributed by atoms with Crippen molar-refractivity contribution in [2.24, 2.45) is 0 Å². The van der Waals surface area contributed by atoms with Gasteiger partial charge >= 0.3 is 0 Å².